The Hall–Kier alpha value is -5.20. The Bertz CT molecular complexity index is 2150. The first kappa shape index (κ1) is 43.4. The van der Waals surface area contributed by atoms with Gasteiger partial charge in [0.05, 0.1) is 30.5 Å². The number of pyridine rings is 1. The van der Waals surface area contributed by atoms with E-state index in [-0.39, 0.29) is 37.8 Å². The number of aliphatic imine (C=N–C) groups is 1. The minimum atomic E-state index is -3.96. The molecule has 4 aliphatic rings. The van der Waals surface area contributed by atoms with Crippen molar-refractivity contribution < 1.29 is 50.6 Å². The molecule has 6 rings (SSSR count). The molecule has 4 N–H and O–H groups in total. The van der Waals surface area contributed by atoms with Crippen molar-refractivity contribution in [3.05, 3.63) is 35.9 Å². The van der Waals surface area contributed by atoms with Crippen molar-refractivity contribution in [2.24, 2.45) is 10.9 Å². The summed E-state index contributed by atoms with van der Waals surface area (Å²) in [7, 11) is -2.42. The van der Waals surface area contributed by atoms with Gasteiger partial charge in [0.25, 0.3) is 11.8 Å². The fourth-order valence-electron chi connectivity index (χ4n) is 7.57. The number of alkyl halides is 2. The van der Waals surface area contributed by atoms with Crippen LogP contribution in [-0.4, -0.2) is 109 Å². The molecule has 5 atom stereocenters. The highest BCUT2D eigenvalue weighted by Crippen LogP contribution is 2.46. The van der Waals surface area contributed by atoms with Crippen molar-refractivity contribution in [2.45, 2.75) is 127 Å². The predicted octanol–water partition coefficient (Wildman–Crippen LogP) is 3.88. The van der Waals surface area contributed by atoms with Crippen LogP contribution in [-0.2, 0) is 29.2 Å². The normalized spacial score (nSPS) is 25.2. The quantitative estimate of drug-likeness (QED) is 0.130. The number of rotatable bonds is 13. The predicted molar refractivity (Wildman–Crippen MR) is 213 cm³/mol. The van der Waals surface area contributed by atoms with Crippen LogP contribution in [0.15, 0.2) is 35.3 Å². The number of halogens is 2. The summed E-state index contributed by atoms with van der Waals surface area (Å²) in [6, 6.07) is 2.70. The molecule has 2 aliphatic heterocycles. The molecule has 1 aromatic heterocycles. The molecule has 0 radical (unpaired) electrons. The number of hydrogen-bond donors (Lipinski definition) is 4. The second-order valence-corrected chi connectivity index (χ2v) is 17.7. The van der Waals surface area contributed by atoms with E-state index in [2.05, 4.69) is 20.3 Å². The monoisotopic (exact) mass is 843 g/mol. The average molecular weight is 844 g/mol. The van der Waals surface area contributed by atoms with E-state index in [1.54, 1.807) is 31.4 Å². The van der Waals surface area contributed by atoms with Gasteiger partial charge in [0.2, 0.25) is 27.7 Å². The number of aryl methyl sites for hydroxylation is 1. The number of nitrogens with zero attached hydrogens (tertiary/aromatic N) is 3. The van der Waals surface area contributed by atoms with Crippen LogP contribution in [0.1, 0.15) is 83.6 Å². The highest BCUT2D eigenvalue weighted by atomic mass is 32.2. The van der Waals surface area contributed by atoms with Crippen molar-refractivity contribution >= 4 is 56.5 Å². The van der Waals surface area contributed by atoms with Gasteiger partial charge in [-0.1, -0.05) is 25.0 Å². The number of benzene rings is 1. The van der Waals surface area contributed by atoms with Crippen molar-refractivity contribution in [3.63, 3.8) is 0 Å². The zero-order chi connectivity index (χ0) is 42.6. The Morgan fingerprint density at radius 2 is 1.92 bits per heavy atom. The summed E-state index contributed by atoms with van der Waals surface area (Å²) in [5.74, 6) is -2.48. The van der Waals surface area contributed by atoms with Crippen LogP contribution in [0.2, 0.25) is 0 Å². The van der Waals surface area contributed by atoms with E-state index >= 15 is 0 Å². The molecule has 4 amide bonds. The number of allylic oxidation sites excluding steroid dienone is 1. The van der Waals surface area contributed by atoms with Crippen molar-refractivity contribution in [1.82, 2.24) is 25.2 Å². The van der Waals surface area contributed by atoms with E-state index in [1.807, 2.05) is 26.8 Å². The first-order chi connectivity index (χ1) is 28.0. The van der Waals surface area contributed by atoms with Crippen LogP contribution in [0, 0.1) is 18.3 Å². The number of amides is 4. The first-order valence-corrected chi connectivity index (χ1v) is 21.4. The lowest BCUT2D eigenvalue weighted by atomic mass is 10.0. The van der Waals surface area contributed by atoms with Gasteiger partial charge in [-0.3, -0.25) is 29.3 Å². The van der Waals surface area contributed by atoms with Gasteiger partial charge in [-0.2, -0.15) is 8.78 Å². The van der Waals surface area contributed by atoms with Gasteiger partial charge in [0.15, 0.2) is 0 Å². The smallest absolute Gasteiger partial charge is 0.331 e. The number of ether oxygens (including phenoxy) is 3. The minimum Gasteiger partial charge on any atom is -0.496 e. The van der Waals surface area contributed by atoms with Crippen LogP contribution in [0.4, 0.5) is 8.78 Å². The second kappa shape index (κ2) is 18.0. The summed E-state index contributed by atoms with van der Waals surface area (Å²) < 4.78 is 71.2. The third kappa shape index (κ3) is 10.2. The molecular weight excluding hydrogens is 793 g/mol. The number of fused-ring (bicyclic) bond motifs is 3. The molecule has 2 aliphatic carbocycles. The molecular formula is C40H51F2N7O9S. The molecule has 19 heteroatoms. The van der Waals surface area contributed by atoms with E-state index in [4.69, 9.17) is 24.6 Å². The number of aromatic nitrogens is 1. The third-order valence-corrected chi connectivity index (χ3v) is 12.7. The Kier molecular flexibility index (Phi) is 13.2. The van der Waals surface area contributed by atoms with Crippen LogP contribution < -0.4 is 29.6 Å². The second-order valence-electron chi connectivity index (χ2n) is 15.7. The number of carbonyl (C=O) groups is 4. The standard InChI is InChI=1S/C40H51F2N7O9S/c1-22(2)57-33-19-32(27-14-15-31(56-4)23(3)34(27)46-33)58-25-18-30-36(51)47-40(38(53)48-59(54,55)26-12-13-26)20-24(40)10-8-6-5-7-9-11-29(37(52)49(30)21-25)45-35(50)28(43)16-17-44-39(41)42/h8,10,14-15,17,19,22,24-26,29-30,39,43H,5-7,9,11-13,16,18,20-21H2,1-4H3,(H,45,50)(H,47,51)(H,48,53). The maximum atomic E-state index is 14.6. The molecule has 16 nitrogen and oxygen atoms in total. The number of methoxy groups -OCH3 is 1. The molecule has 2 aromatic rings. The van der Waals surface area contributed by atoms with Crippen LogP contribution in [0.3, 0.4) is 0 Å². The number of carbonyl (C=O) groups excluding carboxylic acids is 4. The van der Waals surface area contributed by atoms with E-state index in [1.165, 1.54) is 4.90 Å². The van der Waals surface area contributed by atoms with E-state index in [0.717, 1.165) is 11.8 Å². The minimum absolute atomic E-state index is 0.0595. The van der Waals surface area contributed by atoms with Crippen LogP contribution in [0.5, 0.6) is 17.4 Å². The fraction of sp³-hybridized carbons (Fsp3) is 0.575. The molecule has 1 saturated heterocycles. The van der Waals surface area contributed by atoms with Gasteiger partial charge in [-0.15, -0.1) is 0 Å². The molecule has 1 aromatic carbocycles. The topological polar surface area (TPSA) is 219 Å². The van der Waals surface area contributed by atoms with Gasteiger partial charge in [-0.25, -0.2) is 18.4 Å². The van der Waals surface area contributed by atoms with E-state index in [0.29, 0.717) is 60.9 Å². The van der Waals surface area contributed by atoms with Gasteiger partial charge in [0, 0.05) is 42.0 Å². The highest BCUT2D eigenvalue weighted by Gasteiger charge is 2.62. The zero-order valence-electron chi connectivity index (χ0n) is 33.5. The number of hydrogen-bond acceptors (Lipinski definition) is 12. The van der Waals surface area contributed by atoms with Gasteiger partial charge in [-0.05, 0) is 71.4 Å². The van der Waals surface area contributed by atoms with E-state index < -0.39 is 87.2 Å². The van der Waals surface area contributed by atoms with Gasteiger partial charge in [0.1, 0.15) is 40.9 Å². The lowest BCUT2D eigenvalue weighted by molar-refractivity contribution is -0.142. The SMILES string of the molecule is COc1ccc2c(OC3CC4C(=O)NC5(C(=O)NS(=O)(=O)C6CC6)CC5C=CCCCCCC(NC(=O)C(=N)CC=NC(F)F)C(=O)N4C3)cc(OC(C)C)nc2c1C. The lowest BCUT2D eigenvalue weighted by Gasteiger charge is -2.30. The van der Waals surface area contributed by atoms with Gasteiger partial charge >= 0.3 is 6.55 Å². The third-order valence-electron chi connectivity index (χ3n) is 10.9. The summed E-state index contributed by atoms with van der Waals surface area (Å²) >= 11 is 0. The summed E-state index contributed by atoms with van der Waals surface area (Å²) in [5, 5.41) is 13.5. The van der Waals surface area contributed by atoms with Crippen LogP contribution >= 0.6 is 0 Å². The average Bonchev–Trinajstić information content (AvgIpc) is 4.10. The molecule has 5 unspecified atom stereocenters. The highest BCUT2D eigenvalue weighted by molar-refractivity contribution is 7.91. The fourth-order valence-corrected chi connectivity index (χ4v) is 8.93. The van der Waals surface area contributed by atoms with Crippen LogP contribution in [0.25, 0.3) is 10.9 Å². The Labute approximate surface area is 341 Å². The van der Waals surface area contributed by atoms with Gasteiger partial charge < -0.3 is 29.7 Å². The van der Waals surface area contributed by atoms with E-state index in [9.17, 15) is 36.4 Å². The molecule has 3 fully saturated rings. The maximum absolute atomic E-state index is 14.6. The maximum Gasteiger partial charge on any atom is 0.331 e. The summed E-state index contributed by atoms with van der Waals surface area (Å²) in [4.78, 5) is 64.9. The van der Waals surface area contributed by atoms with Crippen molar-refractivity contribution in [1.29, 1.82) is 5.41 Å². The van der Waals surface area contributed by atoms with Crippen molar-refractivity contribution in [3.8, 4) is 17.4 Å². The molecule has 320 valence electrons. The molecule has 0 spiro atoms. The summed E-state index contributed by atoms with van der Waals surface area (Å²) in [6.45, 7) is 2.39. The number of nitrogens with one attached hydrogen (secondary N) is 4. The number of sulfonamides is 1. The Morgan fingerprint density at radius 3 is 2.61 bits per heavy atom. The van der Waals surface area contributed by atoms with Crippen molar-refractivity contribution in [2.75, 3.05) is 13.7 Å². The molecule has 59 heavy (non-hydrogen) atoms. The molecule has 3 heterocycles. The largest absolute Gasteiger partial charge is 0.496 e. The first-order valence-electron chi connectivity index (χ1n) is 19.9. The molecule has 0 bridgehead atoms. The Balaban J connectivity index is 1.34. The molecule has 2 saturated carbocycles. The Morgan fingerprint density at radius 1 is 1.15 bits per heavy atom. The summed E-state index contributed by atoms with van der Waals surface area (Å²) in [6.07, 6.45) is 6.40. The zero-order valence-corrected chi connectivity index (χ0v) is 34.3. The lowest BCUT2D eigenvalue weighted by Crippen LogP contribution is -2.58. The summed E-state index contributed by atoms with van der Waals surface area (Å²) in [5.41, 5.74) is -0.912.